The molecule has 0 radical (unpaired) electrons. The first-order valence-electron chi connectivity index (χ1n) is 5.39. The zero-order valence-electron chi connectivity index (χ0n) is 9.36. The SMILES string of the molecule is NCCn1cc(-c2nnc3ccc(Br)cn23)nn1. The standard InChI is InChI=1S/C10H10BrN7/c11-7-1-2-9-14-15-10(18(9)5-7)8-6-17(4-3-12)16-13-8/h1-2,5-6H,3-4,12H2. The molecule has 0 aliphatic heterocycles. The Morgan fingerprint density at radius 1 is 1.17 bits per heavy atom. The summed E-state index contributed by atoms with van der Waals surface area (Å²) in [4.78, 5) is 0. The molecule has 0 atom stereocenters. The van der Waals surface area contributed by atoms with Crippen molar-refractivity contribution < 1.29 is 0 Å². The molecular formula is C10H10BrN7. The minimum absolute atomic E-state index is 0.523. The number of halogens is 1. The van der Waals surface area contributed by atoms with E-state index in [1.165, 1.54) is 0 Å². The summed E-state index contributed by atoms with van der Waals surface area (Å²) >= 11 is 3.42. The van der Waals surface area contributed by atoms with Crippen LogP contribution in [0.1, 0.15) is 0 Å². The molecule has 3 rings (SSSR count). The highest BCUT2D eigenvalue weighted by Gasteiger charge is 2.11. The van der Waals surface area contributed by atoms with Gasteiger partial charge in [-0.2, -0.15) is 0 Å². The molecule has 0 fully saturated rings. The van der Waals surface area contributed by atoms with E-state index in [9.17, 15) is 0 Å². The molecule has 3 heterocycles. The fourth-order valence-corrected chi connectivity index (χ4v) is 2.02. The van der Waals surface area contributed by atoms with Crippen LogP contribution in [0.3, 0.4) is 0 Å². The predicted molar refractivity (Wildman–Crippen MR) is 68.8 cm³/mol. The number of nitrogens with zero attached hydrogens (tertiary/aromatic N) is 6. The van der Waals surface area contributed by atoms with Gasteiger partial charge in [0, 0.05) is 17.2 Å². The molecule has 0 saturated heterocycles. The van der Waals surface area contributed by atoms with Crippen molar-refractivity contribution in [1.29, 1.82) is 0 Å². The summed E-state index contributed by atoms with van der Waals surface area (Å²) in [5, 5.41) is 16.3. The maximum Gasteiger partial charge on any atom is 0.190 e. The third kappa shape index (κ3) is 1.89. The topological polar surface area (TPSA) is 86.9 Å². The number of hydrogen-bond donors (Lipinski definition) is 1. The maximum atomic E-state index is 5.47. The number of fused-ring (bicyclic) bond motifs is 1. The molecule has 0 aromatic carbocycles. The summed E-state index contributed by atoms with van der Waals surface area (Å²) < 4.78 is 4.50. The molecule has 3 aromatic rings. The van der Waals surface area contributed by atoms with Gasteiger partial charge in [-0.3, -0.25) is 9.08 Å². The van der Waals surface area contributed by atoms with Crippen LogP contribution < -0.4 is 5.73 Å². The average molecular weight is 308 g/mol. The van der Waals surface area contributed by atoms with E-state index in [4.69, 9.17) is 5.73 Å². The molecule has 0 saturated carbocycles. The van der Waals surface area contributed by atoms with Crippen molar-refractivity contribution in [2.75, 3.05) is 6.54 Å². The summed E-state index contributed by atoms with van der Waals surface area (Å²) in [6, 6.07) is 3.80. The van der Waals surface area contributed by atoms with Gasteiger partial charge in [-0.1, -0.05) is 5.21 Å². The number of pyridine rings is 1. The Morgan fingerprint density at radius 3 is 2.89 bits per heavy atom. The second-order valence-corrected chi connectivity index (χ2v) is 4.67. The highest BCUT2D eigenvalue weighted by atomic mass is 79.9. The predicted octanol–water partition coefficient (Wildman–Crippen LogP) is 0.709. The lowest BCUT2D eigenvalue weighted by molar-refractivity contribution is 0.598. The molecule has 18 heavy (non-hydrogen) atoms. The fraction of sp³-hybridized carbons (Fsp3) is 0.200. The Labute approximate surface area is 111 Å². The smallest absolute Gasteiger partial charge is 0.190 e. The van der Waals surface area contributed by atoms with Crippen LogP contribution in [0.2, 0.25) is 0 Å². The van der Waals surface area contributed by atoms with Crippen LogP contribution in [0.25, 0.3) is 17.2 Å². The zero-order chi connectivity index (χ0) is 12.5. The van der Waals surface area contributed by atoms with Crippen molar-refractivity contribution in [3.05, 3.63) is 29.0 Å². The van der Waals surface area contributed by atoms with E-state index in [1.54, 1.807) is 4.68 Å². The molecule has 0 spiro atoms. The third-order valence-electron chi connectivity index (χ3n) is 2.49. The zero-order valence-corrected chi connectivity index (χ0v) is 10.9. The van der Waals surface area contributed by atoms with Crippen molar-refractivity contribution >= 4 is 21.6 Å². The Morgan fingerprint density at radius 2 is 2.06 bits per heavy atom. The van der Waals surface area contributed by atoms with Gasteiger partial charge in [0.15, 0.2) is 17.2 Å². The number of rotatable bonds is 3. The van der Waals surface area contributed by atoms with Gasteiger partial charge < -0.3 is 5.73 Å². The van der Waals surface area contributed by atoms with Crippen molar-refractivity contribution in [3.8, 4) is 11.5 Å². The van der Waals surface area contributed by atoms with Gasteiger partial charge >= 0.3 is 0 Å². The molecule has 7 nitrogen and oxygen atoms in total. The minimum Gasteiger partial charge on any atom is -0.329 e. The number of nitrogens with two attached hydrogens (primary N) is 1. The normalized spacial score (nSPS) is 11.2. The van der Waals surface area contributed by atoms with Crippen LogP contribution in [0, 0.1) is 0 Å². The van der Waals surface area contributed by atoms with Crippen molar-refractivity contribution in [3.63, 3.8) is 0 Å². The van der Waals surface area contributed by atoms with Gasteiger partial charge in [-0.05, 0) is 28.1 Å². The van der Waals surface area contributed by atoms with Crippen LogP contribution in [0.4, 0.5) is 0 Å². The van der Waals surface area contributed by atoms with Crippen LogP contribution in [0.5, 0.6) is 0 Å². The van der Waals surface area contributed by atoms with E-state index >= 15 is 0 Å². The van der Waals surface area contributed by atoms with E-state index in [2.05, 4.69) is 36.4 Å². The number of hydrogen-bond acceptors (Lipinski definition) is 5. The molecule has 0 bridgehead atoms. The summed E-state index contributed by atoms with van der Waals surface area (Å²) in [5.74, 6) is 0.662. The molecule has 0 amide bonds. The molecule has 92 valence electrons. The maximum absolute atomic E-state index is 5.47. The second kappa shape index (κ2) is 4.46. The Kier molecular flexibility index (Phi) is 2.80. The Hall–Kier alpha value is -1.80. The largest absolute Gasteiger partial charge is 0.329 e. The first-order valence-corrected chi connectivity index (χ1v) is 6.18. The first kappa shape index (κ1) is 11.3. The quantitative estimate of drug-likeness (QED) is 0.770. The summed E-state index contributed by atoms with van der Waals surface area (Å²) in [7, 11) is 0. The minimum atomic E-state index is 0.523. The van der Waals surface area contributed by atoms with Gasteiger partial charge in [0.2, 0.25) is 0 Å². The Balaban J connectivity index is 2.09. The van der Waals surface area contributed by atoms with Crippen molar-refractivity contribution in [2.24, 2.45) is 5.73 Å². The summed E-state index contributed by atoms with van der Waals surface area (Å²) in [6.45, 7) is 1.16. The first-order chi connectivity index (χ1) is 8.78. The van der Waals surface area contributed by atoms with E-state index in [-0.39, 0.29) is 0 Å². The van der Waals surface area contributed by atoms with Crippen LogP contribution in [-0.2, 0) is 6.54 Å². The molecule has 2 N–H and O–H groups in total. The van der Waals surface area contributed by atoms with Crippen molar-refractivity contribution in [1.82, 2.24) is 29.6 Å². The van der Waals surface area contributed by atoms with Gasteiger partial charge in [-0.25, -0.2) is 0 Å². The van der Waals surface area contributed by atoms with E-state index in [0.29, 0.717) is 24.6 Å². The van der Waals surface area contributed by atoms with Gasteiger partial charge in [0.1, 0.15) is 0 Å². The monoisotopic (exact) mass is 307 g/mol. The van der Waals surface area contributed by atoms with Crippen LogP contribution in [-0.4, -0.2) is 36.1 Å². The van der Waals surface area contributed by atoms with Crippen LogP contribution >= 0.6 is 15.9 Å². The molecule has 3 aromatic heterocycles. The lowest BCUT2D eigenvalue weighted by Gasteiger charge is -1.96. The van der Waals surface area contributed by atoms with Gasteiger partial charge in [0.25, 0.3) is 0 Å². The van der Waals surface area contributed by atoms with Gasteiger partial charge in [0.05, 0.1) is 12.7 Å². The van der Waals surface area contributed by atoms with E-state index in [1.807, 2.05) is 28.9 Å². The summed E-state index contributed by atoms with van der Waals surface area (Å²) in [6.07, 6.45) is 3.71. The second-order valence-electron chi connectivity index (χ2n) is 3.75. The third-order valence-corrected chi connectivity index (χ3v) is 2.96. The average Bonchev–Trinajstić information content (AvgIpc) is 2.95. The lowest BCUT2D eigenvalue weighted by Crippen LogP contribution is -2.10. The van der Waals surface area contributed by atoms with Gasteiger partial charge in [-0.15, -0.1) is 15.3 Å². The highest BCUT2D eigenvalue weighted by Crippen LogP contribution is 2.18. The molecule has 0 aliphatic carbocycles. The van der Waals surface area contributed by atoms with Crippen molar-refractivity contribution in [2.45, 2.75) is 6.54 Å². The molecule has 0 unspecified atom stereocenters. The van der Waals surface area contributed by atoms with E-state index in [0.717, 1.165) is 10.1 Å². The summed E-state index contributed by atoms with van der Waals surface area (Å²) in [5.41, 5.74) is 6.91. The van der Waals surface area contributed by atoms with E-state index < -0.39 is 0 Å². The fourth-order valence-electron chi connectivity index (χ4n) is 1.68. The number of aromatic nitrogens is 6. The Bertz CT molecular complexity index is 686. The molecule has 0 aliphatic rings. The molecular weight excluding hydrogens is 298 g/mol. The van der Waals surface area contributed by atoms with Crippen LogP contribution in [0.15, 0.2) is 29.0 Å². The molecule has 8 heteroatoms. The lowest BCUT2D eigenvalue weighted by atomic mass is 10.4. The highest BCUT2D eigenvalue weighted by molar-refractivity contribution is 9.10.